The number of nitrogens with zero attached hydrogens (tertiary/aromatic N) is 3. The standard InChI is InChI=1S/C26H31Cl2N3O2/c1-16-14-30(6-7-31(16)26(33)8-19-4-5-19)15-22-10-23(27)9-20(17(22)2)12-25(32)21-11-24(28)18(3)29-13-21/h9-11,13,16,19H,4-8,12,14-15H2,1-3H3/t16-/m0/s1. The molecule has 2 aliphatic rings. The third-order valence-electron chi connectivity index (χ3n) is 6.87. The lowest BCUT2D eigenvalue weighted by Crippen LogP contribution is -2.53. The van der Waals surface area contributed by atoms with Crippen molar-refractivity contribution in [3.63, 3.8) is 0 Å². The molecule has 0 unspecified atom stereocenters. The van der Waals surface area contributed by atoms with E-state index in [0.717, 1.165) is 42.9 Å². The Labute approximate surface area is 206 Å². The van der Waals surface area contributed by atoms with Crippen molar-refractivity contribution in [3.8, 4) is 0 Å². The Bertz CT molecular complexity index is 1070. The lowest BCUT2D eigenvalue weighted by molar-refractivity contribution is -0.136. The molecule has 5 nitrogen and oxygen atoms in total. The van der Waals surface area contributed by atoms with Crippen LogP contribution in [0.1, 0.15) is 58.9 Å². The highest BCUT2D eigenvalue weighted by Gasteiger charge is 2.32. The fourth-order valence-corrected chi connectivity index (χ4v) is 4.98. The van der Waals surface area contributed by atoms with E-state index in [-0.39, 0.29) is 18.2 Å². The molecule has 176 valence electrons. The molecule has 1 aliphatic carbocycles. The molecule has 2 heterocycles. The van der Waals surface area contributed by atoms with Crippen LogP contribution >= 0.6 is 23.2 Å². The summed E-state index contributed by atoms with van der Waals surface area (Å²) in [5, 5.41) is 1.12. The van der Waals surface area contributed by atoms with Gasteiger partial charge in [0.1, 0.15) is 0 Å². The smallest absolute Gasteiger partial charge is 0.223 e. The van der Waals surface area contributed by atoms with Crippen LogP contribution in [0.5, 0.6) is 0 Å². The van der Waals surface area contributed by atoms with Gasteiger partial charge in [0, 0.05) is 61.8 Å². The highest BCUT2D eigenvalue weighted by Crippen LogP contribution is 2.33. The summed E-state index contributed by atoms with van der Waals surface area (Å²) >= 11 is 12.6. The number of carbonyl (C=O) groups excluding carboxylic acids is 2. The molecule has 1 aliphatic heterocycles. The lowest BCUT2D eigenvalue weighted by atomic mass is 9.96. The normalized spacial score (nSPS) is 19.1. The first-order valence-electron chi connectivity index (χ1n) is 11.7. The van der Waals surface area contributed by atoms with E-state index in [1.165, 1.54) is 12.8 Å². The summed E-state index contributed by atoms with van der Waals surface area (Å²) in [7, 11) is 0. The Morgan fingerprint density at radius 2 is 1.82 bits per heavy atom. The van der Waals surface area contributed by atoms with E-state index in [9.17, 15) is 9.59 Å². The van der Waals surface area contributed by atoms with Gasteiger partial charge in [-0.3, -0.25) is 19.5 Å². The van der Waals surface area contributed by atoms with Crippen LogP contribution < -0.4 is 0 Å². The molecule has 33 heavy (non-hydrogen) atoms. The summed E-state index contributed by atoms with van der Waals surface area (Å²) in [6, 6.07) is 5.74. The summed E-state index contributed by atoms with van der Waals surface area (Å²) in [6.07, 6.45) is 4.94. The molecule has 1 saturated heterocycles. The van der Waals surface area contributed by atoms with E-state index < -0.39 is 0 Å². The zero-order valence-electron chi connectivity index (χ0n) is 19.5. The van der Waals surface area contributed by atoms with Crippen LogP contribution in [-0.2, 0) is 17.8 Å². The molecule has 1 aromatic heterocycles. The summed E-state index contributed by atoms with van der Waals surface area (Å²) in [5.74, 6) is 0.886. The molecule has 4 rings (SSSR count). The molecule has 0 spiro atoms. The molecule has 7 heteroatoms. The molecule has 1 saturated carbocycles. The Morgan fingerprint density at radius 1 is 1.09 bits per heavy atom. The number of aromatic nitrogens is 1. The minimum absolute atomic E-state index is 0.0304. The second-order valence-corrected chi connectivity index (χ2v) is 10.4. The minimum atomic E-state index is -0.0304. The molecule has 1 atom stereocenters. The number of carbonyl (C=O) groups is 2. The molecule has 0 radical (unpaired) electrons. The van der Waals surface area contributed by atoms with Crippen molar-refractivity contribution >= 4 is 34.9 Å². The molecule has 1 amide bonds. The Kier molecular flexibility index (Phi) is 7.42. The van der Waals surface area contributed by atoms with Crippen molar-refractivity contribution in [2.24, 2.45) is 5.92 Å². The van der Waals surface area contributed by atoms with Crippen LogP contribution in [0.25, 0.3) is 0 Å². The van der Waals surface area contributed by atoms with E-state index in [0.29, 0.717) is 39.5 Å². The molecule has 1 aromatic carbocycles. The molecule has 2 aromatic rings. The van der Waals surface area contributed by atoms with E-state index >= 15 is 0 Å². The maximum absolute atomic E-state index is 12.9. The largest absolute Gasteiger partial charge is 0.337 e. The van der Waals surface area contributed by atoms with Gasteiger partial charge in [0.05, 0.1) is 10.7 Å². The van der Waals surface area contributed by atoms with Crippen molar-refractivity contribution in [1.82, 2.24) is 14.8 Å². The second kappa shape index (κ2) is 10.1. The van der Waals surface area contributed by atoms with Gasteiger partial charge in [0.15, 0.2) is 5.78 Å². The Morgan fingerprint density at radius 3 is 2.48 bits per heavy atom. The fraction of sp³-hybridized carbons (Fsp3) is 0.500. The van der Waals surface area contributed by atoms with Crippen molar-refractivity contribution in [2.45, 2.75) is 59.0 Å². The number of amides is 1. The highest BCUT2D eigenvalue weighted by molar-refractivity contribution is 6.31. The Balaban J connectivity index is 1.43. The number of piperazine rings is 1. The minimum Gasteiger partial charge on any atom is -0.337 e. The first-order valence-corrected chi connectivity index (χ1v) is 12.4. The topological polar surface area (TPSA) is 53.5 Å². The maximum Gasteiger partial charge on any atom is 0.223 e. The quantitative estimate of drug-likeness (QED) is 0.499. The summed E-state index contributed by atoms with van der Waals surface area (Å²) in [6.45, 7) is 9.19. The van der Waals surface area contributed by atoms with Gasteiger partial charge in [-0.05, 0) is 74.4 Å². The zero-order valence-corrected chi connectivity index (χ0v) is 21.0. The van der Waals surface area contributed by atoms with E-state index in [2.05, 4.69) is 16.8 Å². The predicted octanol–water partition coefficient (Wildman–Crippen LogP) is 5.26. The van der Waals surface area contributed by atoms with Gasteiger partial charge < -0.3 is 4.90 Å². The van der Waals surface area contributed by atoms with Crippen molar-refractivity contribution in [1.29, 1.82) is 0 Å². The zero-order chi connectivity index (χ0) is 23.7. The van der Waals surface area contributed by atoms with Crippen LogP contribution in [0.15, 0.2) is 24.4 Å². The van der Waals surface area contributed by atoms with Crippen LogP contribution in [0.3, 0.4) is 0 Å². The number of aryl methyl sites for hydroxylation is 1. The second-order valence-electron chi connectivity index (χ2n) is 9.56. The van der Waals surface area contributed by atoms with Crippen LogP contribution in [0.4, 0.5) is 0 Å². The van der Waals surface area contributed by atoms with Gasteiger partial charge >= 0.3 is 0 Å². The van der Waals surface area contributed by atoms with Gasteiger partial charge in [-0.15, -0.1) is 0 Å². The summed E-state index contributed by atoms with van der Waals surface area (Å²) in [5.41, 5.74) is 4.34. The van der Waals surface area contributed by atoms with Crippen molar-refractivity contribution in [3.05, 3.63) is 62.4 Å². The van der Waals surface area contributed by atoms with Gasteiger partial charge in [-0.1, -0.05) is 23.2 Å². The maximum atomic E-state index is 12.9. The summed E-state index contributed by atoms with van der Waals surface area (Å²) in [4.78, 5) is 34.1. The fourth-order valence-electron chi connectivity index (χ4n) is 4.55. The van der Waals surface area contributed by atoms with Crippen LogP contribution in [0, 0.1) is 19.8 Å². The molecule has 2 fully saturated rings. The third kappa shape index (κ3) is 5.95. The predicted molar refractivity (Wildman–Crippen MR) is 132 cm³/mol. The molecule has 0 N–H and O–H groups in total. The number of hydrogen-bond donors (Lipinski definition) is 0. The highest BCUT2D eigenvalue weighted by atomic mass is 35.5. The number of ketones is 1. The van der Waals surface area contributed by atoms with Gasteiger partial charge in [0.25, 0.3) is 0 Å². The van der Waals surface area contributed by atoms with Gasteiger partial charge in [-0.2, -0.15) is 0 Å². The van der Waals surface area contributed by atoms with Crippen LogP contribution in [-0.4, -0.2) is 52.2 Å². The van der Waals surface area contributed by atoms with Crippen molar-refractivity contribution < 1.29 is 9.59 Å². The molecular weight excluding hydrogens is 457 g/mol. The average Bonchev–Trinajstić information content (AvgIpc) is 3.57. The third-order valence-corrected chi connectivity index (χ3v) is 7.47. The number of rotatable bonds is 7. The first-order chi connectivity index (χ1) is 15.7. The lowest BCUT2D eigenvalue weighted by Gasteiger charge is -2.40. The number of pyridine rings is 1. The van der Waals surface area contributed by atoms with E-state index in [1.807, 2.05) is 30.9 Å². The van der Waals surface area contributed by atoms with Crippen LogP contribution in [0.2, 0.25) is 10.0 Å². The number of hydrogen-bond acceptors (Lipinski definition) is 4. The van der Waals surface area contributed by atoms with Gasteiger partial charge in [-0.25, -0.2) is 0 Å². The van der Waals surface area contributed by atoms with E-state index in [1.54, 1.807) is 12.3 Å². The summed E-state index contributed by atoms with van der Waals surface area (Å²) < 4.78 is 0. The molecule has 0 bridgehead atoms. The number of benzene rings is 1. The average molecular weight is 488 g/mol. The Hall–Kier alpha value is -1.95. The monoisotopic (exact) mass is 487 g/mol. The number of halogens is 2. The molecular formula is C26H31Cl2N3O2. The SMILES string of the molecule is Cc1ncc(C(=O)Cc2cc(Cl)cc(CN3CCN(C(=O)CC4CC4)[C@@H](C)C3)c2C)cc1Cl. The first kappa shape index (κ1) is 24.2. The van der Waals surface area contributed by atoms with E-state index in [4.69, 9.17) is 23.2 Å². The number of Topliss-reactive ketones (excluding diaryl/α,β-unsaturated/α-hetero) is 1. The van der Waals surface area contributed by atoms with Gasteiger partial charge in [0.2, 0.25) is 5.91 Å². The van der Waals surface area contributed by atoms with Crippen molar-refractivity contribution in [2.75, 3.05) is 19.6 Å².